The molecule has 0 saturated carbocycles. The molecule has 1 aliphatic heterocycles. The maximum Gasteiger partial charge on any atom is 0.469 e. The molecule has 6 N–H and O–H groups in total. The Bertz CT molecular complexity index is 775. The average molecular weight is 372 g/mol. The Balaban J connectivity index is 0.00000156. The van der Waals surface area contributed by atoms with Crippen LogP contribution < -0.4 is 5.73 Å². The van der Waals surface area contributed by atoms with Crippen molar-refractivity contribution in [3.8, 4) is 0 Å². The molecule has 0 bridgehead atoms. The van der Waals surface area contributed by atoms with Crippen molar-refractivity contribution in [1.29, 1.82) is 0 Å². The first-order valence-corrected chi connectivity index (χ1v) is 7.95. The molecule has 0 aromatic carbocycles. The van der Waals surface area contributed by atoms with Gasteiger partial charge in [-0.2, -0.15) is 0 Å². The smallest absolute Gasteiger partial charge is 0.387 e. The molecule has 0 spiro atoms. The number of fused-ring (bicyclic) bond motifs is 1. The minimum atomic E-state index is -4.72. The first kappa shape index (κ1) is 19.7. The third-order valence-electron chi connectivity index (χ3n) is 3.41. The van der Waals surface area contributed by atoms with E-state index in [-0.39, 0.29) is 42.4 Å². The van der Waals surface area contributed by atoms with Crippen molar-refractivity contribution in [2.24, 2.45) is 0 Å². The van der Waals surface area contributed by atoms with E-state index in [1.807, 2.05) is 0 Å². The molecule has 1 aliphatic rings. The van der Waals surface area contributed by atoms with E-state index in [9.17, 15) is 14.8 Å². The number of imidazole rings is 1. The zero-order valence-corrected chi connectivity index (χ0v) is 15.4. The molecular formula is C10H16N5NaO7P. The molecule has 2 aromatic heterocycles. The van der Waals surface area contributed by atoms with Crippen molar-refractivity contribution in [2.45, 2.75) is 24.5 Å². The van der Waals surface area contributed by atoms with E-state index in [0.29, 0.717) is 5.52 Å². The van der Waals surface area contributed by atoms with E-state index < -0.39 is 39.0 Å². The number of nitrogen functional groups attached to an aromatic ring is 1. The zero-order valence-electron chi connectivity index (χ0n) is 12.5. The molecule has 0 aliphatic carbocycles. The van der Waals surface area contributed by atoms with E-state index in [1.54, 1.807) is 0 Å². The van der Waals surface area contributed by atoms with Crippen LogP contribution in [0.15, 0.2) is 12.7 Å². The van der Waals surface area contributed by atoms with E-state index >= 15 is 0 Å². The Morgan fingerprint density at radius 2 is 2.04 bits per heavy atom. The Morgan fingerprint density at radius 1 is 1.33 bits per heavy atom. The number of hydrogen-bond donors (Lipinski definition) is 5. The molecule has 24 heavy (non-hydrogen) atoms. The standard InChI is InChI=1S/C10H14N5O7P.Na.H2/c11-8-5-9(13-2-12-8)15(3-14-5)10-7(17)6(16)4(22-10)1-21-23(18,19)20;;/h2-4,6-7,10,16-17H,1H2,(H2,11,12,13)(H2,18,19,20);;1H/t4-,6-,7+,10-;;/m1../s1. The number of hydrogen-bond acceptors (Lipinski definition) is 9. The second-order valence-electron chi connectivity index (χ2n) is 4.92. The van der Waals surface area contributed by atoms with Gasteiger partial charge in [0.2, 0.25) is 0 Å². The van der Waals surface area contributed by atoms with Gasteiger partial charge in [0.25, 0.3) is 0 Å². The molecule has 1 fully saturated rings. The molecule has 12 nitrogen and oxygen atoms in total. The SMILES string of the molecule is Nc1ncnc2c1ncn2[C@@H]1O[C@H](COP(=O)(O)O)[C@@H](O)[C@@H]1O.[HH].[Na]. The molecule has 0 unspecified atom stereocenters. The molecule has 14 heteroatoms. The first-order valence-electron chi connectivity index (χ1n) is 6.42. The number of ether oxygens (including phenoxy) is 1. The van der Waals surface area contributed by atoms with Gasteiger partial charge in [0.15, 0.2) is 17.7 Å². The van der Waals surface area contributed by atoms with Crippen LogP contribution >= 0.6 is 7.82 Å². The van der Waals surface area contributed by atoms with E-state index in [2.05, 4.69) is 19.5 Å². The van der Waals surface area contributed by atoms with E-state index in [1.165, 1.54) is 17.2 Å². The van der Waals surface area contributed by atoms with Gasteiger partial charge in [0.05, 0.1) is 12.9 Å². The van der Waals surface area contributed by atoms with Gasteiger partial charge >= 0.3 is 7.82 Å². The Kier molecular flexibility index (Phi) is 5.98. The number of phosphoric acid groups is 1. The summed E-state index contributed by atoms with van der Waals surface area (Å²) >= 11 is 0. The topological polar surface area (TPSA) is 186 Å². The Morgan fingerprint density at radius 3 is 2.71 bits per heavy atom. The van der Waals surface area contributed by atoms with Gasteiger partial charge in [-0.1, -0.05) is 0 Å². The van der Waals surface area contributed by atoms with Crippen LogP contribution in [0.5, 0.6) is 0 Å². The molecular weight excluding hydrogens is 356 g/mol. The van der Waals surface area contributed by atoms with Crippen molar-refractivity contribution < 1.29 is 35.3 Å². The average Bonchev–Trinajstić information content (AvgIpc) is 3.01. The Labute approximate surface area is 158 Å². The molecule has 3 rings (SSSR count). The second-order valence-corrected chi connectivity index (χ2v) is 6.15. The summed E-state index contributed by atoms with van der Waals surface area (Å²) in [6, 6.07) is 0. The number of nitrogens with zero attached hydrogens (tertiary/aromatic N) is 4. The number of nitrogens with two attached hydrogens (primary N) is 1. The molecule has 129 valence electrons. The maximum absolute atomic E-state index is 10.7. The number of aliphatic hydroxyl groups is 2. The van der Waals surface area contributed by atoms with Crippen LogP contribution in [0.3, 0.4) is 0 Å². The van der Waals surface area contributed by atoms with Gasteiger partial charge in [0.1, 0.15) is 30.2 Å². The summed E-state index contributed by atoms with van der Waals surface area (Å²) in [6.07, 6.45) is -2.49. The minimum absolute atomic E-state index is 0. The number of phosphoric ester groups is 1. The third-order valence-corrected chi connectivity index (χ3v) is 3.89. The van der Waals surface area contributed by atoms with Gasteiger partial charge < -0.3 is 30.5 Å². The summed E-state index contributed by atoms with van der Waals surface area (Å²) in [5, 5.41) is 20.1. The van der Waals surface area contributed by atoms with Crippen molar-refractivity contribution in [3.05, 3.63) is 12.7 Å². The van der Waals surface area contributed by atoms with Crippen LogP contribution in [0.25, 0.3) is 11.2 Å². The van der Waals surface area contributed by atoms with Crippen molar-refractivity contribution >= 4 is 54.4 Å². The molecule has 1 saturated heterocycles. The molecule has 0 amide bonds. The molecule has 3 heterocycles. The van der Waals surface area contributed by atoms with Gasteiger partial charge in [-0.15, -0.1) is 0 Å². The molecule has 2 aromatic rings. The second kappa shape index (κ2) is 7.30. The number of anilines is 1. The monoisotopic (exact) mass is 372 g/mol. The number of rotatable bonds is 4. The summed E-state index contributed by atoms with van der Waals surface area (Å²) in [5.74, 6) is 0.142. The minimum Gasteiger partial charge on any atom is -0.387 e. The van der Waals surface area contributed by atoms with Crippen LogP contribution in [0.1, 0.15) is 7.65 Å². The van der Waals surface area contributed by atoms with Crippen LogP contribution in [0.4, 0.5) is 5.82 Å². The van der Waals surface area contributed by atoms with Crippen LogP contribution in [0.2, 0.25) is 0 Å². The summed E-state index contributed by atoms with van der Waals surface area (Å²) in [5.41, 5.74) is 6.25. The van der Waals surface area contributed by atoms with Crippen LogP contribution in [0, 0.1) is 0 Å². The fourth-order valence-electron chi connectivity index (χ4n) is 2.32. The quantitative estimate of drug-likeness (QED) is 0.295. The van der Waals surface area contributed by atoms with E-state index in [0.717, 1.165) is 0 Å². The fraction of sp³-hybridized carbons (Fsp3) is 0.500. The summed E-state index contributed by atoms with van der Waals surface area (Å²) in [6.45, 7) is -0.594. The summed E-state index contributed by atoms with van der Waals surface area (Å²) in [4.78, 5) is 29.2. The first-order chi connectivity index (χ1) is 10.8. The van der Waals surface area contributed by atoms with Crippen molar-refractivity contribution in [2.75, 3.05) is 12.3 Å². The van der Waals surface area contributed by atoms with Crippen molar-refractivity contribution in [3.63, 3.8) is 0 Å². The summed E-state index contributed by atoms with van der Waals surface area (Å²) < 4.78 is 21.8. The van der Waals surface area contributed by atoms with E-state index in [4.69, 9.17) is 20.3 Å². The van der Waals surface area contributed by atoms with Gasteiger partial charge in [-0.3, -0.25) is 9.09 Å². The zero-order chi connectivity index (χ0) is 16.8. The van der Waals surface area contributed by atoms with Gasteiger partial charge in [0, 0.05) is 31.0 Å². The predicted molar refractivity (Wildman–Crippen MR) is 81.5 cm³/mol. The normalized spacial score (nSPS) is 27.3. The van der Waals surface area contributed by atoms with Crippen LogP contribution in [-0.2, 0) is 13.8 Å². The van der Waals surface area contributed by atoms with Crippen LogP contribution in [-0.4, -0.2) is 94.0 Å². The van der Waals surface area contributed by atoms with Crippen molar-refractivity contribution in [1.82, 2.24) is 19.5 Å². The largest absolute Gasteiger partial charge is 0.469 e. The number of aliphatic hydroxyl groups excluding tert-OH is 2. The predicted octanol–water partition coefficient (Wildman–Crippen LogP) is -2.00. The van der Waals surface area contributed by atoms with Gasteiger partial charge in [-0.25, -0.2) is 19.5 Å². The molecule has 4 atom stereocenters. The third kappa shape index (κ3) is 3.78. The maximum atomic E-state index is 10.7. The number of aromatic nitrogens is 4. The molecule has 1 radical (unpaired) electrons. The Hall–Kier alpha value is -0.660. The fourth-order valence-corrected chi connectivity index (χ4v) is 2.66. The van der Waals surface area contributed by atoms with Gasteiger partial charge in [-0.05, 0) is 0 Å². The summed E-state index contributed by atoms with van der Waals surface area (Å²) in [7, 11) is -4.72.